The fourth-order valence-electron chi connectivity index (χ4n) is 2.42. The minimum atomic E-state index is -3.25. The molecular weight excluding hydrogens is 264 g/mol. The van der Waals surface area contributed by atoms with Gasteiger partial charge >= 0.3 is 6.03 Å². The third-order valence-corrected chi connectivity index (χ3v) is 6.61. The zero-order valence-corrected chi connectivity index (χ0v) is 13.2. The zero-order chi connectivity index (χ0) is 14.7. The summed E-state index contributed by atoms with van der Waals surface area (Å²) < 4.78 is 24.1. The Balaban J connectivity index is 2.95. The average molecular weight is 290 g/mol. The average Bonchev–Trinajstić information content (AvgIpc) is 2.27. The van der Waals surface area contributed by atoms with Gasteiger partial charge in [0.05, 0.1) is 16.0 Å². The minimum Gasteiger partial charge on any atom is -0.341 e. The molecule has 1 saturated carbocycles. The van der Waals surface area contributed by atoms with E-state index in [4.69, 9.17) is 0 Å². The van der Waals surface area contributed by atoms with Crippen molar-refractivity contribution in [2.45, 2.75) is 63.2 Å². The van der Waals surface area contributed by atoms with Crippen LogP contribution in [-0.2, 0) is 9.84 Å². The molecule has 2 N–H and O–H groups in total. The second-order valence-electron chi connectivity index (χ2n) is 6.42. The molecule has 1 aliphatic rings. The van der Waals surface area contributed by atoms with Gasteiger partial charge in [-0.1, -0.05) is 19.3 Å². The van der Waals surface area contributed by atoms with E-state index in [0.29, 0.717) is 0 Å². The smallest absolute Gasteiger partial charge is 0.314 e. The van der Waals surface area contributed by atoms with Crippen LogP contribution >= 0.6 is 0 Å². The summed E-state index contributed by atoms with van der Waals surface area (Å²) in [6, 6.07) is -0.300. The van der Waals surface area contributed by atoms with Gasteiger partial charge in [-0.2, -0.15) is 0 Å². The number of hydrogen-bond donors (Lipinski definition) is 2. The van der Waals surface area contributed by atoms with Crippen molar-refractivity contribution < 1.29 is 13.2 Å². The maximum Gasteiger partial charge on any atom is 0.314 e. The maximum atomic E-state index is 12.4. The van der Waals surface area contributed by atoms with Crippen molar-refractivity contribution in [3.63, 3.8) is 0 Å². The largest absolute Gasteiger partial charge is 0.341 e. The lowest BCUT2D eigenvalue weighted by atomic mass is 9.83. The first-order valence-electron chi connectivity index (χ1n) is 6.84. The number of urea groups is 1. The Hall–Kier alpha value is -0.780. The Bertz CT molecular complexity index is 418. The first kappa shape index (κ1) is 16.3. The van der Waals surface area contributed by atoms with Gasteiger partial charge in [0.25, 0.3) is 0 Å². The van der Waals surface area contributed by atoms with Gasteiger partial charge in [-0.15, -0.1) is 0 Å². The van der Waals surface area contributed by atoms with Crippen LogP contribution in [0.3, 0.4) is 0 Å². The monoisotopic (exact) mass is 290 g/mol. The van der Waals surface area contributed by atoms with Crippen LogP contribution in [0.2, 0.25) is 0 Å². The summed E-state index contributed by atoms with van der Waals surface area (Å²) in [6.07, 6.45) is 4.49. The topological polar surface area (TPSA) is 75.3 Å². The van der Waals surface area contributed by atoms with E-state index in [0.717, 1.165) is 32.1 Å². The molecule has 0 aromatic carbocycles. The Morgan fingerprint density at radius 3 is 2.11 bits per heavy atom. The first-order valence-corrected chi connectivity index (χ1v) is 8.49. The van der Waals surface area contributed by atoms with E-state index in [9.17, 15) is 13.2 Å². The van der Waals surface area contributed by atoms with E-state index >= 15 is 0 Å². The van der Waals surface area contributed by atoms with Gasteiger partial charge in [0.2, 0.25) is 0 Å². The Labute approximate surface area is 116 Å². The number of nitrogens with one attached hydrogen (secondary N) is 2. The van der Waals surface area contributed by atoms with Crippen molar-refractivity contribution in [1.29, 1.82) is 0 Å². The first-order chi connectivity index (χ1) is 8.62. The lowest BCUT2D eigenvalue weighted by Crippen LogP contribution is -2.57. The summed E-state index contributed by atoms with van der Waals surface area (Å²) in [4.78, 5) is 11.6. The quantitative estimate of drug-likeness (QED) is 0.832. The lowest BCUT2D eigenvalue weighted by Gasteiger charge is -2.39. The van der Waals surface area contributed by atoms with Gasteiger partial charge in [-0.25, -0.2) is 13.2 Å². The van der Waals surface area contributed by atoms with Crippen LogP contribution in [0, 0.1) is 0 Å². The number of rotatable bonds is 3. The number of sulfone groups is 1. The molecule has 19 heavy (non-hydrogen) atoms. The normalized spacial score (nSPS) is 19.8. The van der Waals surface area contributed by atoms with E-state index < -0.39 is 20.1 Å². The molecule has 1 rings (SSSR count). The SMILES string of the molecule is CNC(=O)NC1(CS(=O)(=O)C(C)(C)C)CCCCC1. The molecule has 5 nitrogen and oxygen atoms in total. The highest BCUT2D eigenvalue weighted by atomic mass is 32.2. The molecule has 0 aliphatic heterocycles. The van der Waals surface area contributed by atoms with Gasteiger partial charge < -0.3 is 10.6 Å². The predicted molar refractivity (Wildman–Crippen MR) is 76.9 cm³/mol. The lowest BCUT2D eigenvalue weighted by molar-refractivity contribution is 0.213. The Morgan fingerprint density at radius 2 is 1.68 bits per heavy atom. The minimum absolute atomic E-state index is 0.0247. The van der Waals surface area contributed by atoms with Crippen molar-refractivity contribution >= 4 is 15.9 Å². The number of carbonyl (C=O) groups is 1. The molecule has 0 radical (unpaired) electrons. The molecule has 0 heterocycles. The van der Waals surface area contributed by atoms with Gasteiger partial charge in [-0.05, 0) is 33.6 Å². The van der Waals surface area contributed by atoms with Gasteiger partial charge in [0.1, 0.15) is 0 Å². The van der Waals surface area contributed by atoms with Crippen LogP contribution < -0.4 is 10.6 Å². The summed E-state index contributed by atoms with van der Waals surface area (Å²) in [5.41, 5.74) is -0.607. The molecular formula is C13H26N2O3S. The van der Waals surface area contributed by atoms with Crippen molar-refractivity contribution in [3.05, 3.63) is 0 Å². The highest BCUT2D eigenvalue weighted by molar-refractivity contribution is 7.92. The Kier molecular flexibility index (Phi) is 4.87. The molecule has 0 aromatic heterocycles. The van der Waals surface area contributed by atoms with Crippen molar-refractivity contribution in [2.24, 2.45) is 0 Å². The second kappa shape index (κ2) is 5.69. The summed E-state index contributed by atoms with van der Waals surface area (Å²) in [5.74, 6) is 0.0247. The molecule has 1 fully saturated rings. The van der Waals surface area contributed by atoms with Crippen molar-refractivity contribution in [3.8, 4) is 0 Å². The van der Waals surface area contributed by atoms with Crippen molar-refractivity contribution in [1.82, 2.24) is 10.6 Å². The highest BCUT2D eigenvalue weighted by Crippen LogP contribution is 2.32. The molecule has 0 atom stereocenters. The molecule has 0 unspecified atom stereocenters. The molecule has 112 valence electrons. The summed E-state index contributed by atoms with van der Waals surface area (Å²) >= 11 is 0. The fraction of sp³-hybridized carbons (Fsp3) is 0.923. The van der Waals surface area contributed by atoms with Crippen LogP contribution in [0.15, 0.2) is 0 Å². The molecule has 0 saturated heterocycles. The standard InChI is InChI=1S/C13H26N2O3S/c1-12(2,3)19(17,18)10-13(15-11(16)14-4)8-6-5-7-9-13/h5-10H2,1-4H3,(H2,14,15,16). The third kappa shape index (κ3) is 4.09. The summed E-state index contributed by atoms with van der Waals surface area (Å²) in [6.45, 7) is 5.12. The van der Waals surface area contributed by atoms with Crippen LogP contribution in [0.25, 0.3) is 0 Å². The molecule has 0 spiro atoms. The van der Waals surface area contributed by atoms with Gasteiger partial charge in [0, 0.05) is 7.05 Å². The highest BCUT2D eigenvalue weighted by Gasteiger charge is 2.42. The molecule has 1 aliphatic carbocycles. The second-order valence-corrected chi connectivity index (χ2v) is 9.16. The van der Waals surface area contributed by atoms with E-state index in [-0.39, 0.29) is 11.8 Å². The van der Waals surface area contributed by atoms with Crippen LogP contribution in [0.1, 0.15) is 52.9 Å². The van der Waals surface area contributed by atoms with Crippen LogP contribution in [0.5, 0.6) is 0 Å². The van der Waals surface area contributed by atoms with Gasteiger partial charge in [-0.3, -0.25) is 0 Å². The maximum absolute atomic E-state index is 12.4. The number of hydrogen-bond acceptors (Lipinski definition) is 3. The van der Waals surface area contributed by atoms with E-state index in [1.54, 1.807) is 27.8 Å². The number of amides is 2. The van der Waals surface area contributed by atoms with E-state index in [1.165, 1.54) is 0 Å². The third-order valence-electron chi connectivity index (χ3n) is 3.82. The van der Waals surface area contributed by atoms with E-state index in [2.05, 4.69) is 10.6 Å². The Morgan fingerprint density at radius 1 is 1.16 bits per heavy atom. The summed E-state index contributed by atoms with van der Waals surface area (Å²) in [7, 11) is -1.71. The molecule has 6 heteroatoms. The van der Waals surface area contributed by atoms with Gasteiger partial charge in [0.15, 0.2) is 9.84 Å². The summed E-state index contributed by atoms with van der Waals surface area (Å²) in [5, 5.41) is 5.40. The zero-order valence-electron chi connectivity index (χ0n) is 12.4. The molecule has 0 bridgehead atoms. The van der Waals surface area contributed by atoms with Crippen LogP contribution in [-0.4, -0.2) is 37.5 Å². The van der Waals surface area contributed by atoms with Crippen molar-refractivity contribution in [2.75, 3.05) is 12.8 Å². The molecule has 0 aromatic rings. The van der Waals surface area contributed by atoms with Crippen LogP contribution in [0.4, 0.5) is 4.79 Å². The predicted octanol–water partition coefficient (Wildman–Crippen LogP) is 1.83. The number of carbonyl (C=O) groups excluding carboxylic acids is 1. The van der Waals surface area contributed by atoms with E-state index in [1.807, 2.05) is 0 Å². The molecule has 2 amide bonds. The fourth-order valence-corrected chi connectivity index (χ4v) is 3.94.